The van der Waals surface area contributed by atoms with E-state index in [2.05, 4.69) is 34.4 Å². The molecular weight excluding hydrogens is 269 g/mol. The van der Waals surface area contributed by atoms with Crippen LogP contribution in [0.25, 0.3) is 0 Å². The van der Waals surface area contributed by atoms with Gasteiger partial charge in [-0.1, -0.05) is 20.3 Å². The molecule has 1 aromatic rings. The molecule has 4 nitrogen and oxygen atoms in total. The number of anilines is 2. The van der Waals surface area contributed by atoms with Gasteiger partial charge in [-0.3, -0.25) is 0 Å². The number of alkyl halides is 3. The van der Waals surface area contributed by atoms with Crippen LogP contribution in [0.5, 0.6) is 0 Å². The number of rotatable bonds is 6. The van der Waals surface area contributed by atoms with Gasteiger partial charge >= 0.3 is 6.18 Å². The van der Waals surface area contributed by atoms with Crippen LogP contribution in [0.2, 0.25) is 0 Å². The summed E-state index contributed by atoms with van der Waals surface area (Å²) in [5.41, 5.74) is 0. The molecule has 0 saturated heterocycles. The van der Waals surface area contributed by atoms with Crippen LogP contribution in [-0.4, -0.2) is 23.1 Å². The van der Waals surface area contributed by atoms with Crippen molar-refractivity contribution in [3.05, 3.63) is 11.9 Å². The molecule has 0 radical (unpaired) electrons. The molecule has 0 bridgehead atoms. The number of nitrogens with one attached hydrogen (secondary N) is 2. The smallest absolute Gasteiger partial charge is 0.373 e. The summed E-state index contributed by atoms with van der Waals surface area (Å²) in [7, 11) is 1.52. The van der Waals surface area contributed by atoms with Crippen LogP contribution in [0.4, 0.5) is 24.8 Å². The second-order valence-electron chi connectivity index (χ2n) is 5.00. The summed E-state index contributed by atoms with van der Waals surface area (Å²) in [6.07, 6.45) is -2.65. The molecule has 0 aliphatic carbocycles. The Hall–Kier alpha value is -1.53. The predicted molar refractivity (Wildman–Crippen MR) is 73.7 cm³/mol. The maximum Gasteiger partial charge on any atom is 0.451 e. The Morgan fingerprint density at radius 2 is 1.80 bits per heavy atom. The van der Waals surface area contributed by atoms with Crippen molar-refractivity contribution in [1.82, 2.24) is 9.97 Å². The van der Waals surface area contributed by atoms with E-state index in [0.29, 0.717) is 5.92 Å². The van der Waals surface area contributed by atoms with Crippen molar-refractivity contribution >= 4 is 11.6 Å². The Morgan fingerprint density at radius 1 is 1.20 bits per heavy atom. The zero-order chi connectivity index (χ0) is 15.3. The molecule has 2 N–H and O–H groups in total. The zero-order valence-corrected chi connectivity index (χ0v) is 12.2. The van der Waals surface area contributed by atoms with Gasteiger partial charge < -0.3 is 10.6 Å². The second-order valence-corrected chi connectivity index (χ2v) is 5.00. The van der Waals surface area contributed by atoms with Gasteiger partial charge in [-0.05, 0) is 19.3 Å². The fourth-order valence-electron chi connectivity index (χ4n) is 1.86. The first-order chi connectivity index (χ1) is 9.26. The van der Waals surface area contributed by atoms with Crippen molar-refractivity contribution in [2.45, 2.75) is 45.8 Å². The lowest BCUT2D eigenvalue weighted by atomic mass is 10.0. The molecule has 114 valence electrons. The SMILES string of the molecule is CCC(C)CC(C)Nc1cc(NC)nc(C(F)(F)F)n1. The fourth-order valence-corrected chi connectivity index (χ4v) is 1.86. The van der Waals surface area contributed by atoms with Gasteiger partial charge in [0.2, 0.25) is 5.82 Å². The average Bonchev–Trinajstić information content (AvgIpc) is 2.36. The van der Waals surface area contributed by atoms with E-state index in [-0.39, 0.29) is 17.7 Å². The van der Waals surface area contributed by atoms with Crippen LogP contribution in [0.1, 0.15) is 39.4 Å². The van der Waals surface area contributed by atoms with E-state index in [4.69, 9.17) is 0 Å². The molecule has 0 aromatic carbocycles. The zero-order valence-electron chi connectivity index (χ0n) is 12.2. The standard InChI is InChI=1S/C13H21F3N4/c1-5-8(2)6-9(3)18-11-7-10(17-4)19-12(20-11)13(14,15)16/h7-9H,5-6H2,1-4H3,(H2,17,18,19,20). The van der Waals surface area contributed by atoms with Crippen LogP contribution >= 0.6 is 0 Å². The van der Waals surface area contributed by atoms with Crippen molar-refractivity contribution < 1.29 is 13.2 Å². The maximum absolute atomic E-state index is 12.7. The van der Waals surface area contributed by atoms with Crippen molar-refractivity contribution in [1.29, 1.82) is 0 Å². The van der Waals surface area contributed by atoms with Crippen LogP contribution in [-0.2, 0) is 6.18 Å². The highest BCUT2D eigenvalue weighted by Gasteiger charge is 2.35. The third kappa shape index (κ3) is 4.86. The van der Waals surface area contributed by atoms with E-state index >= 15 is 0 Å². The third-order valence-electron chi connectivity index (χ3n) is 3.08. The lowest BCUT2D eigenvalue weighted by molar-refractivity contribution is -0.144. The topological polar surface area (TPSA) is 49.8 Å². The summed E-state index contributed by atoms with van der Waals surface area (Å²) in [5, 5.41) is 5.62. The normalized spacial score (nSPS) is 14.8. The van der Waals surface area contributed by atoms with E-state index in [9.17, 15) is 13.2 Å². The van der Waals surface area contributed by atoms with Crippen molar-refractivity contribution in [3.63, 3.8) is 0 Å². The molecule has 0 aliphatic rings. The first-order valence-electron chi connectivity index (χ1n) is 6.66. The molecule has 2 atom stereocenters. The molecular formula is C13H21F3N4. The van der Waals surface area contributed by atoms with Gasteiger partial charge in [-0.2, -0.15) is 13.2 Å². The van der Waals surface area contributed by atoms with Crippen LogP contribution in [0, 0.1) is 5.92 Å². The van der Waals surface area contributed by atoms with Gasteiger partial charge in [-0.25, -0.2) is 9.97 Å². The Kier molecular flexibility index (Phi) is 5.59. The number of halogens is 3. The predicted octanol–water partition coefficient (Wildman–Crippen LogP) is 3.77. The molecule has 1 heterocycles. The molecule has 1 aromatic heterocycles. The molecule has 0 aliphatic heterocycles. The summed E-state index contributed by atoms with van der Waals surface area (Å²) in [6, 6.07) is 1.52. The number of aromatic nitrogens is 2. The van der Waals surface area contributed by atoms with E-state index in [1.54, 1.807) is 0 Å². The number of nitrogens with zero attached hydrogens (tertiary/aromatic N) is 2. The Morgan fingerprint density at radius 3 is 2.30 bits per heavy atom. The van der Waals surface area contributed by atoms with Gasteiger partial charge in [0, 0.05) is 19.2 Å². The summed E-state index contributed by atoms with van der Waals surface area (Å²) < 4.78 is 38.1. The third-order valence-corrected chi connectivity index (χ3v) is 3.08. The minimum atomic E-state index is -4.55. The first kappa shape index (κ1) is 16.5. The van der Waals surface area contributed by atoms with Crippen molar-refractivity contribution in [2.75, 3.05) is 17.7 Å². The number of hydrogen-bond donors (Lipinski definition) is 2. The molecule has 1 rings (SSSR count). The van der Waals surface area contributed by atoms with Gasteiger partial charge in [0.15, 0.2) is 0 Å². The van der Waals surface area contributed by atoms with Gasteiger partial charge in [0.25, 0.3) is 0 Å². The highest BCUT2D eigenvalue weighted by Crippen LogP contribution is 2.28. The molecule has 0 amide bonds. The first-order valence-corrected chi connectivity index (χ1v) is 6.66. The lowest BCUT2D eigenvalue weighted by Gasteiger charge is -2.19. The van der Waals surface area contributed by atoms with E-state index in [1.807, 2.05) is 6.92 Å². The highest BCUT2D eigenvalue weighted by molar-refractivity contribution is 5.47. The molecule has 2 unspecified atom stereocenters. The molecule has 7 heteroatoms. The lowest BCUT2D eigenvalue weighted by Crippen LogP contribution is -2.21. The van der Waals surface area contributed by atoms with E-state index < -0.39 is 12.0 Å². The minimum Gasteiger partial charge on any atom is -0.373 e. The van der Waals surface area contributed by atoms with Gasteiger partial charge in [0.1, 0.15) is 11.6 Å². The van der Waals surface area contributed by atoms with Crippen LogP contribution in [0.15, 0.2) is 6.07 Å². The molecule has 0 spiro atoms. The Balaban J connectivity index is 2.89. The van der Waals surface area contributed by atoms with E-state index in [1.165, 1.54) is 13.1 Å². The monoisotopic (exact) mass is 290 g/mol. The molecule has 0 fully saturated rings. The molecule has 20 heavy (non-hydrogen) atoms. The summed E-state index contributed by atoms with van der Waals surface area (Å²) in [6.45, 7) is 6.13. The van der Waals surface area contributed by atoms with E-state index in [0.717, 1.165) is 12.8 Å². The van der Waals surface area contributed by atoms with Crippen molar-refractivity contribution in [3.8, 4) is 0 Å². The summed E-state index contributed by atoms with van der Waals surface area (Å²) in [4.78, 5) is 6.96. The summed E-state index contributed by atoms with van der Waals surface area (Å²) in [5.74, 6) is -0.300. The largest absolute Gasteiger partial charge is 0.451 e. The second kappa shape index (κ2) is 6.76. The fraction of sp³-hybridized carbons (Fsp3) is 0.692. The maximum atomic E-state index is 12.7. The number of hydrogen-bond acceptors (Lipinski definition) is 4. The molecule has 0 saturated carbocycles. The van der Waals surface area contributed by atoms with Crippen molar-refractivity contribution in [2.24, 2.45) is 5.92 Å². The Labute approximate surface area is 117 Å². The quantitative estimate of drug-likeness (QED) is 0.837. The van der Waals surface area contributed by atoms with Crippen LogP contribution < -0.4 is 10.6 Å². The summed E-state index contributed by atoms with van der Waals surface area (Å²) >= 11 is 0. The van der Waals surface area contributed by atoms with Gasteiger partial charge in [0.05, 0.1) is 0 Å². The Bertz CT molecular complexity index is 434. The minimum absolute atomic E-state index is 0.0469. The van der Waals surface area contributed by atoms with Crippen LogP contribution in [0.3, 0.4) is 0 Å². The van der Waals surface area contributed by atoms with Gasteiger partial charge in [-0.15, -0.1) is 0 Å². The highest BCUT2D eigenvalue weighted by atomic mass is 19.4. The average molecular weight is 290 g/mol.